The molecule has 0 aromatic heterocycles. The molecule has 2 atom stereocenters. The average Bonchev–Trinajstić information content (AvgIpc) is 1.84. The van der Waals surface area contributed by atoms with Crippen LogP contribution in [0.4, 0.5) is 0 Å². The van der Waals surface area contributed by atoms with Crippen LogP contribution in [0.5, 0.6) is 0 Å². The first-order chi connectivity index (χ1) is 3.72. The molecular formula is C6H13NO. The van der Waals surface area contributed by atoms with Crippen molar-refractivity contribution in [2.24, 2.45) is 11.7 Å². The molecule has 0 rings (SSSR count). The molecule has 0 saturated heterocycles. The quantitative estimate of drug-likeness (QED) is 0.546. The SMILES string of the molecule is CCC(C)C(N)C=O. The zero-order chi connectivity index (χ0) is 6.57. The zero-order valence-corrected chi connectivity index (χ0v) is 5.42. The van der Waals surface area contributed by atoms with Gasteiger partial charge in [-0.25, -0.2) is 0 Å². The van der Waals surface area contributed by atoms with Gasteiger partial charge in [0.25, 0.3) is 0 Å². The Morgan fingerprint density at radius 2 is 2.25 bits per heavy atom. The summed E-state index contributed by atoms with van der Waals surface area (Å²) in [6.45, 7) is 3.99. The molecular weight excluding hydrogens is 102 g/mol. The first-order valence-electron chi connectivity index (χ1n) is 2.93. The topological polar surface area (TPSA) is 43.1 Å². The standard InChI is InChI=1S/C6H13NO/c1-3-5(2)6(7)4-8/h4-6H,3,7H2,1-2H3. The van der Waals surface area contributed by atoms with E-state index in [4.69, 9.17) is 5.73 Å². The lowest BCUT2D eigenvalue weighted by molar-refractivity contribution is -0.109. The first kappa shape index (κ1) is 7.63. The maximum absolute atomic E-state index is 9.98. The van der Waals surface area contributed by atoms with E-state index in [1.165, 1.54) is 0 Å². The summed E-state index contributed by atoms with van der Waals surface area (Å²) in [4.78, 5) is 9.98. The Balaban J connectivity index is 3.44. The number of aldehydes is 1. The molecule has 0 fully saturated rings. The highest BCUT2D eigenvalue weighted by atomic mass is 16.1. The molecule has 0 aliphatic rings. The van der Waals surface area contributed by atoms with E-state index in [0.29, 0.717) is 5.92 Å². The van der Waals surface area contributed by atoms with E-state index in [9.17, 15) is 4.79 Å². The van der Waals surface area contributed by atoms with E-state index < -0.39 is 0 Å². The van der Waals surface area contributed by atoms with Crippen LogP contribution >= 0.6 is 0 Å². The van der Waals surface area contributed by atoms with Gasteiger partial charge in [-0.3, -0.25) is 0 Å². The van der Waals surface area contributed by atoms with E-state index in [2.05, 4.69) is 0 Å². The van der Waals surface area contributed by atoms with E-state index in [1.54, 1.807) is 0 Å². The average molecular weight is 115 g/mol. The third-order valence-corrected chi connectivity index (χ3v) is 1.46. The van der Waals surface area contributed by atoms with Crippen molar-refractivity contribution in [1.29, 1.82) is 0 Å². The molecule has 0 amide bonds. The molecule has 0 aromatic carbocycles. The highest BCUT2D eigenvalue weighted by molar-refractivity contribution is 5.57. The summed E-state index contributed by atoms with van der Waals surface area (Å²) >= 11 is 0. The third-order valence-electron chi connectivity index (χ3n) is 1.46. The molecule has 0 radical (unpaired) electrons. The molecule has 2 heteroatoms. The highest BCUT2D eigenvalue weighted by Gasteiger charge is 2.07. The van der Waals surface area contributed by atoms with Gasteiger partial charge in [-0.05, 0) is 5.92 Å². The van der Waals surface area contributed by atoms with Gasteiger partial charge in [0.1, 0.15) is 6.29 Å². The van der Waals surface area contributed by atoms with Gasteiger partial charge in [0, 0.05) is 0 Å². The minimum Gasteiger partial charge on any atom is -0.322 e. The molecule has 0 spiro atoms. The first-order valence-corrected chi connectivity index (χ1v) is 2.93. The molecule has 0 aliphatic carbocycles. The van der Waals surface area contributed by atoms with Crippen molar-refractivity contribution in [3.8, 4) is 0 Å². The Hall–Kier alpha value is -0.370. The van der Waals surface area contributed by atoms with Crippen LogP contribution in [0.25, 0.3) is 0 Å². The van der Waals surface area contributed by atoms with Crippen LogP contribution in [0.3, 0.4) is 0 Å². The van der Waals surface area contributed by atoms with Gasteiger partial charge in [-0.15, -0.1) is 0 Å². The van der Waals surface area contributed by atoms with Gasteiger partial charge in [0.05, 0.1) is 6.04 Å². The zero-order valence-electron chi connectivity index (χ0n) is 5.42. The van der Waals surface area contributed by atoms with E-state index in [1.807, 2.05) is 13.8 Å². The summed E-state index contributed by atoms with van der Waals surface area (Å²) < 4.78 is 0. The molecule has 0 saturated carbocycles. The Bertz CT molecular complexity index is 72.9. The van der Waals surface area contributed by atoms with Crippen molar-refractivity contribution in [3.05, 3.63) is 0 Å². The predicted octanol–water partition coefficient (Wildman–Crippen LogP) is 0.559. The van der Waals surface area contributed by atoms with Gasteiger partial charge in [-0.2, -0.15) is 0 Å². The molecule has 0 aromatic rings. The molecule has 8 heavy (non-hydrogen) atoms. The van der Waals surface area contributed by atoms with Gasteiger partial charge >= 0.3 is 0 Å². The lowest BCUT2D eigenvalue weighted by Gasteiger charge is -2.09. The summed E-state index contributed by atoms with van der Waals surface area (Å²) in [6.07, 6.45) is 1.77. The molecule has 0 aliphatic heterocycles. The maximum atomic E-state index is 9.98. The fraction of sp³-hybridized carbons (Fsp3) is 0.833. The highest BCUT2D eigenvalue weighted by Crippen LogP contribution is 2.01. The van der Waals surface area contributed by atoms with Crippen LogP contribution < -0.4 is 5.73 Å². The van der Waals surface area contributed by atoms with Crippen LogP contribution in [0.15, 0.2) is 0 Å². The number of rotatable bonds is 3. The summed E-state index contributed by atoms with van der Waals surface area (Å²) in [6, 6.07) is -0.264. The van der Waals surface area contributed by atoms with Gasteiger partial charge in [-0.1, -0.05) is 20.3 Å². The molecule has 2 unspecified atom stereocenters. The van der Waals surface area contributed by atoms with Gasteiger partial charge in [0.15, 0.2) is 0 Å². The number of hydrogen-bond donors (Lipinski definition) is 1. The summed E-state index contributed by atoms with van der Waals surface area (Å²) in [5.41, 5.74) is 5.36. The van der Waals surface area contributed by atoms with Crippen LogP contribution in [0.2, 0.25) is 0 Å². The van der Waals surface area contributed by atoms with Crippen molar-refractivity contribution in [2.75, 3.05) is 0 Å². The molecule has 2 nitrogen and oxygen atoms in total. The minimum absolute atomic E-state index is 0.264. The number of carbonyl (C=O) groups excluding carboxylic acids is 1. The molecule has 0 bridgehead atoms. The van der Waals surface area contributed by atoms with Crippen molar-refractivity contribution in [1.82, 2.24) is 0 Å². The van der Waals surface area contributed by atoms with Crippen molar-refractivity contribution >= 4 is 6.29 Å². The molecule has 0 heterocycles. The van der Waals surface area contributed by atoms with Crippen molar-refractivity contribution < 1.29 is 4.79 Å². The normalized spacial score (nSPS) is 17.4. The van der Waals surface area contributed by atoms with Crippen molar-refractivity contribution in [2.45, 2.75) is 26.3 Å². The maximum Gasteiger partial charge on any atom is 0.136 e. The minimum atomic E-state index is -0.264. The summed E-state index contributed by atoms with van der Waals surface area (Å²) in [5.74, 6) is 0.326. The number of carbonyl (C=O) groups is 1. The van der Waals surface area contributed by atoms with Gasteiger partial charge in [0.2, 0.25) is 0 Å². The Labute approximate surface area is 50.1 Å². The monoisotopic (exact) mass is 115 g/mol. The lowest BCUT2D eigenvalue weighted by Crippen LogP contribution is -2.28. The predicted molar refractivity (Wildman–Crippen MR) is 33.5 cm³/mol. The Kier molecular flexibility index (Phi) is 3.44. The smallest absolute Gasteiger partial charge is 0.136 e. The van der Waals surface area contributed by atoms with Crippen molar-refractivity contribution in [3.63, 3.8) is 0 Å². The Morgan fingerprint density at radius 1 is 1.75 bits per heavy atom. The van der Waals surface area contributed by atoms with E-state index in [0.717, 1.165) is 12.7 Å². The van der Waals surface area contributed by atoms with E-state index in [-0.39, 0.29) is 6.04 Å². The van der Waals surface area contributed by atoms with E-state index >= 15 is 0 Å². The van der Waals surface area contributed by atoms with Crippen LogP contribution in [-0.4, -0.2) is 12.3 Å². The lowest BCUT2D eigenvalue weighted by atomic mass is 10.0. The molecule has 48 valence electrons. The fourth-order valence-electron chi connectivity index (χ4n) is 0.406. The van der Waals surface area contributed by atoms with Gasteiger partial charge < -0.3 is 10.5 Å². The Morgan fingerprint density at radius 3 is 2.38 bits per heavy atom. The second-order valence-corrected chi connectivity index (χ2v) is 2.10. The number of hydrogen-bond acceptors (Lipinski definition) is 2. The van der Waals surface area contributed by atoms with Crippen LogP contribution in [0, 0.1) is 5.92 Å². The second kappa shape index (κ2) is 3.61. The van der Waals surface area contributed by atoms with Crippen LogP contribution in [-0.2, 0) is 4.79 Å². The third kappa shape index (κ3) is 2.07. The summed E-state index contributed by atoms with van der Waals surface area (Å²) in [7, 11) is 0. The largest absolute Gasteiger partial charge is 0.322 e. The second-order valence-electron chi connectivity index (χ2n) is 2.10. The number of nitrogens with two attached hydrogens (primary N) is 1. The fourth-order valence-corrected chi connectivity index (χ4v) is 0.406. The summed E-state index contributed by atoms with van der Waals surface area (Å²) in [5, 5.41) is 0. The molecule has 2 N–H and O–H groups in total. The van der Waals surface area contributed by atoms with Crippen LogP contribution in [0.1, 0.15) is 20.3 Å².